The molecule has 1 fully saturated rings. The number of nitrogens with zero attached hydrogens (tertiary/aromatic N) is 1. The lowest BCUT2D eigenvalue weighted by molar-refractivity contribution is -0.125. The summed E-state index contributed by atoms with van der Waals surface area (Å²) in [5.74, 6) is 0.413. The molecule has 0 aliphatic heterocycles. The zero-order valence-corrected chi connectivity index (χ0v) is 11.0. The summed E-state index contributed by atoms with van der Waals surface area (Å²) >= 11 is 5.17. The summed E-state index contributed by atoms with van der Waals surface area (Å²) in [6.45, 7) is 6.27. The van der Waals surface area contributed by atoms with E-state index in [2.05, 4.69) is 0 Å². The second-order valence-electron chi connectivity index (χ2n) is 4.16. The van der Waals surface area contributed by atoms with E-state index in [1.165, 1.54) is 0 Å². The van der Waals surface area contributed by atoms with E-state index in [-0.39, 0.29) is 5.92 Å². The lowest BCUT2D eigenvalue weighted by Gasteiger charge is -2.25. The van der Waals surface area contributed by atoms with Gasteiger partial charge >= 0.3 is 0 Å². The van der Waals surface area contributed by atoms with Gasteiger partial charge in [0.2, 0.25) is 0 Å². The quantitative estimate of drug-likeness (QED) is 0.709. The largest absolute Gasteiger partial charge is 0.470 e. The molecule has 0 heterocycles. The van der Waals surface area contributed by atoms with Crippen LogP contribution in [-0.2, 0) is 9.53 Å². The van der Waals surface area contributed by atoms with Gasteiger partial charge < -0.3 is 9.64 Å². The molecule has 92 valence electrons. The van der Waals surface area contributed by atoms with Crippen LogP contribution in [0.1, 0.15) is 39.5 Å². The maximum atomic E-state index is 11.6. The van der Waals surface area contributed by atoms with Gasteiger partial charge in [-0.3, -0.25) is 4.79 Å². The SMILES string of the molecule is CCN(CC)C(=S)OCC1CCCCC1=O. The Morgan fingerprint density at radius 3 is 2.69 bits per heavy atom. The monoisotopic (exact) mass is 243 g/mol. The molecule has 0 aromatic heterocycles. The Bertz CT molecular complexity index is 251. The van der Waals surface area contributed by atoms with Crippen molar-refractivity contribution in [1.82, 2.24) is 4.90 Å². The van der Waals surface area contributed by atoms with Crippen LogP contribution in [0.3, 0.4) is 0 Å². The standard InChI is InChI=1S/C12H21NO2S/c1-3-13(4-2)12(16)15-9-10-7-5-6-8-11(10)14/h10H,3-9H2,1-2H3. The predicted molar refractivity (Wildman–Crippen MR) is 68.4 cm³/mol. The van der Waals surface area contributed by atoms with Gasteiger partial charge in [0.05, 0.1) is 5.92 Å². The fraction of sp³-hybridized carbons (Fsp3) is 0.833. The molecule has 0 amide bonds. The van der Waals surface area contributed by atoms with Crippen molar-refractivity contribution in [3.05, 3.63) is 0 Å². The van der Waals surface area contributed by atoms with Gasteiger partial charge in [-0.05, 0) is 38.9 Å². The number of hydrogen-bond acceptors (Lipinski definition) is 3. The van der Waals surface area contributed by atoms with Gasteiger partial charge in [0.1, 0.15) is 12.4 Å². The molecule has 0 spiro atoms. The van der Waals surface area contributed by atoms with Crippen molar-refractivity contribution in [1.29, 1.82) is 0 Å². The van der Waals surface area contributed by atoms with Crippen LogP contribution >= 0.6 is 12.2 Å². The van der Waals surface area contributed by atoms with E-state index in [4.69, 9.17) is 17.0 Å². The van der Waals surface area contributed by atoms with E-state index in [9.17, 15) is 4.79 Å². The normalized spacial score (nSPS) is 20.6. The Hall–Kier alpha value is -0.640. The molecule has 0 N–H and O–H groups in total. The van der Waals surface area contributed by atoms with Gasteiger partial charge in [0.15, 0.2) is 0 Å². The first-order valence-electron chi connectivity index (χ1n) is 6.13. The van der Waals surface area contributed by atoms with Gasteiger partial charge in [-0.15, -0.1) is 0 Å². The van der Waals surface area contributed by atoms with E-state index >= 15 is 0 Å². The van der Waals surface area contributed by atoms with E-state index < -0.39 is 0 Å². The summed E-state index contributed by atoms with van der Waals surface area (Å²) < 4.78 is 5.53. The second kappa shape index (κ2) is 6.84. The third-order valence-electron chi connectivity index (χ3n) is 3.11. The number of hydrogen-bond donors (Lipinski definition) is 0. The highest BCUT2D eigenvalue weighted by Gasteiger charge is 2.23. The predicted octanol–water partition coefficient (Wildman–Crippen LogP) is 2.39. The fourth-order valence-corrected chi connectivity index (χ4v) is 2.30. The van der Waals surface area contributed by atoms with Crippen LogP contribution in [0.5, 0.6) is 0 Å². The number of Topliss-reactive ketones (excluding diaryl/α,β-unsaturated/α-hetero) is 1. The fourth-order valence-electron chi connectivity index (χ4n) is 1.98. The van der Waals surface area contributed by atoms with E-state index in [1.54, 1.807) is 0 Å². The Balaban J connectivity index is 2.32. The Kier molecular flexibility index (Phi) is 5.74. The van der Waals surface area contributed by atoms with Gasteiger partial charge in [-0.2, -0.15) is 0 Å². The minimum Gasteiger partial charge on any atom is -0.470 e. The molecule has 0 aromatic carbocycles. The van der Waals surface area contributed by atoms with Crippen molar-refractivity contribution in [3.8, 4) is 0 Å². The lowest BCUT2D eigenvalue weighted by atomic mass is 9.89. The Labute approximate surface area is 103 Å². The molecule has 3 nitrogen and oxygen atoms in total. The molecule has 16 heavy (non-hydrogen) atoms. The maximum absolute atomic E-state index is 11.6. The maximum Gasteiger partial charge on any atom is 0.259 e. The number of rotatable bonds is 4. The molecule has 0 radical (unpaired) electrons. The third-order valence-corrected chi connectivity index (χ3v) is 3.49. The Morgan fingerprint density at radius 2 is 2.12 bits per heavy atom. The van der Waals surface area contributed by atoms with Crippen molar-refractivity contribution in [3.63, 3.8) is 0 Å². The van der Waals surface area contributed by atoms with Crippen LogP contribution in [0.2, 0.25) is 0 Å². The van der Waals surface area contributed by atoms with Crippen molar-refractivity contribution >= 4 is 23.2 Å². The molecular formula is C12H21NO2S. The van der Waals surface area contributed by atoms with Gasteiger partial charge in [-0.1, -0.05) is 6.42 Å². The minimum atomic E-state index is 0.0715. The smallest absolute Gasteiger partial charge is 0.259 e. The molecule has 0 aromatic rings. The van der Waals surface area contributed by atoms with Crippen LogP contribution in [0.4, 0.5) is 0 Å². The van der Waals surface area contributed by atoms with Crippen LogP contribution in [0.15, 0.2) is 0 Å². The van der Waals surface area contributed by atoms with Gasteiger partial charge in [0, 0.05) is 19.5 Å². The highest BCUT2D eigenvalue weighted by atomic mass is 32.1. The van der Waals surface area contributed by atoms with Crippen molar-refractivity contribution < 1.29 is 9.53 Å². The van der Waals surface area contributed by atoms with Gasteiger partial charge in [-0.25, -0.2) is 0 Å². The van der Waals surface area contributed by atoms with Crippen LogP contribution in [0, 0.1) is 5.92 Å². The summed E-state index contributed by atoms with van der Waals surface area (Å²) in [5, 5.41) is 0.531. The summed E-state index contributed by atoms with van der Waals surface area (Å²) in [5.41, 5.74) is 0. The van der Waals surface area contributed by atoms with Crippen molar-refractivity contribution in [2.75, 3.05) is 19.7 Å². The number of thiocarbonyl (C=S) groups is 1. The summed E-state index contributed by atoms with van der Waals surface area (Å²) in [6.07, 6.45) is 3.85. The highest BCUT2D eigenvalue weighted by molar-refractivity contribution is 7.80. The first-order valence-corrected chi connectivity index (χ1v) is 6.54. The third kappa shape index (κ3) is 3.74. The molecule has 1 atom stereocenters. The first-order chi connectivity index (χ1) is 7.69. The highest BCUT2D eigenvalue weighted by Crippen LogP contribution is 2.20. The number of ether oxygens (including phenoxy) is 1. The average Bonchev–Trinajstić information content (AvgIpc) is 2.29. The molecule has 1 unspecified atom stereocenters. The zero-order chi connectivity index (χ0) is 12.0. The van der Waals surface area contributed by atoms with Crippen LogP contribution < -0.4 is 0 Å². The summed E-state index contributed by atoms with van der Waals surface area (Å²) in [7, 11) is 0. The van der Waals surface area contributed by atoms with Crippen LogP contribution in [-0.4, -0.2) is 35.6 Å². The van der Waals surface area contributed by atoms with Crippen molar-refractivity contribution in [2.24, 2.45) is 5.92 Å². The number of ketones is 1. The van der Waals surface area contributed by atoms with E-state index in [0.717, 1.165) is 32.4 Å². The van der Waals surface area contributed by atoms with Gasteiger partial charge in [0.25, 0.3) is 5.17 Å². The molecule has 1 aliphatic rings. The average molecular weight is 243 g/mol. The first kappa shape index (κ1) is 13.4. The molecule has 4 heteroatoms. The number of carbonyl (C=O) groups excluding carboxylic acids is 1. The molecule has 1 saturated carbocycles. The molecule has 0 saturated heterocycles. The molecule has 1 aliphatic carbocycles. The Morgan fingerprint density at radius 1 is 1.44 bits per heavy atom. The summed E-state index contributed by atoms with van der Waals surface area (Å²) in [6, 6.07) is 0. The van der Waals surface area contributed by atoms with E-state index in [1.807, 2.05) is 18.7 Å². The minimum absolute atomic E-state index is 0.0715. The zero-order valence-electron chi connectivity index (χ0n) is 10.2. The lowest BCUT2D eigenvalue weighted by Crippen LogP contribution is -2.33. The topological polar surface area (TPSA) is 29.5 Å². The molecule has 1 rings (SSSR count). The molecular weight excluding hydrogens is 222 g/mol. The summed E-state index contributed by atoms with van der Waals surface area (Å²) in [4.78, 5) is 13.6. The second-order valence-corrected chi connectivity index (χ2v) is 4.51. The number of carbonyl (C=O) groups is 1. The molecule has 0 bridgehead atoms. The van der Waals surface area contributed by atoms with E-state index in [0.29, 0.717) is 24.0 Å². The van der Waals surface area contributed by atoms with Crippen LogP contribution in [0.25, 0.3) is 0 Å². The van der Waals surface area contributed by atoms with Crippen molar-refractivity contribution in [2.45, 2.75) is 39.5 Å².